The van der Waals surface area contributed by atoms with E-state index in [0.29, 0.717) is 42.5 Å². The van der Waals surface area contributed by atoms with E-state index in [1.54, 1.807) is 11.3 Å². The molecule has 3 rings (SSSR count). The number of ether oxygens (including phenoxy) is 2. The minimum absolute atomic E-state index is 0.0179. The summed E-state index contributed by atoms with van der Waals surface area (Å²) < 4.78 is 12.4. The van der Waals surface area contributed by atoms with Crippen molar-refractivity contribution in [1.29, 1.82) is 0 Å². The number of aryl methyl sites for hydroxylation is 1. The molecule has 1 fully saturated rings. The largest absolute Gasteiger partial charge is 0.490 e. The average Bonchev–Trinajstić information content (AvgIpc) is 2.99. The summed E-state index contributed by atoms with van der Waals surface area (Å²) in [4.78, 5) is 31.3. The molecular weight excluding hydrogens is 360 g/mol. The zero-order valence-electron chi connectivity index (χ0n) is 16.7. The molecule has 2 aromatic heterocycles. The lowest BCUT2D eigenvalue weighted by Gasteiger charge is -2.32. The number of amides is 1. The first-order chi connectivity index (χ1) is 13.5. The van der Waals surface area contributed by atoms with E-state index in [9.17, 15) is 9.59 Å². The maximum atomic E-state index is 13.0. The SMILES string of the molecule is CCOC(=O)CN1CCC[C@H](NC(=O)c2c(C)nc3c(OCC)cccn23)C1. The van der Waals surface area contributed by atoms with Gasteiger partial charge < -0.3 is 14.8 Å². The van der Waals surface area contributed by atoms with Crippen LogP contribution in [0.15, 0.2) is 18.3 Å². The van der Waals surface area contributed by atoms with Crippen LogP contribution in [0, 0.1) is 6.92 Å². The van der Waals surface area contributed by atoms with E-state index in [1.807, 2.05) is 37.1 Å². The first-order valence-corrected chi connectivity index (χ1v) is 9.82. The maximum Gasteiger partial charge on any atom is 0.320 e. The second-order valence-electron chi connectivity index (χ2n) is 6.90. The highest BCUT2D eigenvalue weighted by atomic mass is 16.5. The van der Waals surface area contributed by atoms with Gasteiger partial charge in [-0.1, -0.05) is 0 Å². The molecule has 1 aliphatic heterocycles. The Labute approximate surface area is 164 Å². The van der Waals surface area contributed by atoms with Gasteiger partial charge in [0.05, 0.1) is 25.5 Å². The predicted octanol–water partition coefficient (Wildman–Crippen LogP) is 1.80. The lowest BCUT2D eigenvalue weighted by molar-refractivity contribution is -0.144. The van der Waals surface area contributed by atoms with Crippen LogP contribution in [0.3, 0.4) is 0 Å². The van der Waals surface area contributed by atoms with E-state index >= 15 is 0 Å². The number of fused-ring (bicyclic) bond motifs is 1. The van der Waals surface area contributed by atoms with Gasteiger partial charge in [0.1, 0.15) is 5.69 Å². The van der Waals surface area contributed by atoms with Crippen molar-refractivity contribution in [2.24, 2.45) is 0 Å². The molecule has 2 aromatic rings. The summed E-state index contributed by atoms with van der Waals surface area (Å²) in [7, 11) is 0. The third-order valence-electron chi connectivity index (χ3n) is 4.80. The molecule has 28 heavy (non-hydrogen) atoms. The summed E-state index contributed by atoms with van der Waals surface area (Å²) in [5.74, 6) is 0.266. The fourth-order valence-corrected chi connectivity index (χ4v) is 3.66. The third-order valence-corrected chi connectivity index (χ3v) is 4.80. The number of esters is 1. The lowest BCUT2D eigenvalue weighted by atomic mass is 10.1. The summed E-state index contributed by atoms with van der Waals surface area (Å²) in [5.41, 5.74) is 1.81. The van der Waals surface area contributed by atoms with Crippen LogP contribution in [0.2, 0.25) is 0 Å². The summed E-state index contributed by atoms with van der Waals surface area (Å²) in [6.45, 7) is 8.17. The number of aromatic nitrogens is 2. The molecule has 0 bridgehead atoms. The number of likely N-dealkylation sites (tertiary alicyclic amines) is 1. The molecule has 8 nitrogen and oxygen atoms in total. The molecule has 3 heterocycles. The number of rotatable bonds is 7. The van der Waals surface area contributed by atoms with Crippen molar-refractivity contribution in [2.45, 2.75) is 39.7 Å². The third kappa shape index (κ3) is 4.44. The molecule has 0 aromatic carbocycles. The molecule has 1 saturated heterocycles. The van der Waals surface area contributed by atoms with E-state index in [1.165, 1.54) is 0 Å². The van der Waals surface area contributed by atoms with Crippen LogP contribution in [-0.4, -0.2) is 65.1 Å². The molecule has 0 spiro atoms. The zero-order chi connectivity index (χ0) is 20.1. The van der Waals surface area contributed by atoms with Gasteiger partial charge in [-0.15, -0.1) is 0 Å². The quantitative estimate of drug-likeness (QED) is 0.728. The van der Waals surface area contributed by atoms with Gasteiger partial charge >= 0.3 is 5.97 Å². The number of carbonyl (C=O) groups is 2. The highest BCUT2D eigenvalue weighted by molar-refractivity contribution is 5.95. The molecular formula is C20H28N4O4. The number of nitrogens with one attached hydrogen (secondary N) is 1. The first-order valence-electron chi connectivity index (χ1n) is 9.82. The fourth-order valence-electron chi connectivity index (χ4n) is 3.66. The molecule has 0 saturated carbocycles. The predicted molar refractivity (Wildman–Crippen MR) is 105 cm³/mol. The van der Waals surface area contributed by atoms with Gasteiger partial charge in [-0.05, 0) is 52.3 Å². The first kappa shape index (κ1) is 20.1. The number of hydrogen-bond acceptors (Lipinski definition) is 6. The Kier molecular flexibility index (Phi) is 6.51. The van der Waals surface area contributed by atoms with Gasteiger partial charge in [0, 0.05) is 18.8 Å². The molecule has 1 atom stereocenters. The zero-order valence-corrected chi connectivity index (χ0v) is 16.7. The number of pyridine rings is 1. The highest BCUT2D eigenvalue weighted by Crippen LogP contribution is 2.22. The van der Waals surface area contributed by atoms with Crippen LogP contribution in [0.5, 0.6) is 5.75 Å². The molecule has 8 heteroatoms. The monoisotopic (exact) mass is 388 g/mol. The second kappa shape index (κ2) is 9.05. The van der Waals surface area contributed by atoms with Gasteiger partial charge in [-0.2, -0.15) is 0 Å². The average molecular weight is 388 g/mol. The van der Waals surface area contributed by atoms with Crippen LogP contribution in [0.4, 0.5) is 0 Å². The minimum Gasteiger partial charge on any atom is -0.490 e. The number of carbonyl (C=O) groups excluding carboxylic acids is 2. The van der Waals surface area contributed by atoms with Crippen LogP contribution >= 0.6 is 0 Å². The molecule has 0 unspecified atom stereocenters. The number of nitrogens with zero attached hydrogens (tertiary/aromatic N) is 3. The summed E-state index contributed by atoms with van der Waals surface area (Å²) >= 11 is 0. The second-order valence-corrected chi connectivity index (χ2v) is 6.90. The van der Waals surface area contributed by atoms with E-state index in [2.05, 4.69) is 10.3 Å². The van der Waals surface area contributed by atoms with Gasteiger partial charge in [-0.3, -0.25) is 18.9 Å². The van der Waals surface area contributed by atoms with Crippen molar-refractivity contribution in [2.75, 3.05) is 32.8 Å². The Bertz CT molecular complexity index is 848. The van der Waals surface area contributed by atoms with Crippen LogP contribution < -0.4 is 10.1 Å². The summed E-state index contributed by atoms with van der Waals surface area (Å²) in [5, 5.41) is 3.11. The van der Waals surface area contributed by atoms with Gasteiger partial charge in [-0.25, -0.2) is 4.98 Å². The molecule has 0 radical (unpaired) electrons. The highest BCUT2D eigenvalue weighted by Gasteiger charge is 2.26. The van der Waals surface area contributed by atoms with Crippen LogP contribution in [-0.2, 0) is 9.53 Å². The van der Waals surface area contributed by atoms with E-state index in [-0.39, 0.29) is 24.5 Å². The molecule has 1 aliphatic rings. The smallest absolute Gasteiger partial charge is 0.320 e. The number of imidazole rings is 1. The molecule has 1 amide bonds. The summed E-state index contributed by atoms with van der Waals surface area (Å²) in [6, 6.07) is 3.68. The fraction of sp³-hybridized carbons (Fsp3) is 0.550. The van der Waals surface area contributed by atoms with Gasteiger partial charge in [0.15, 0.2) is 11.4 Å². The van der Waals surface area contributed by atoms with E-state index < -0.39 is 0 Å². The Morgan fingerprint density at radius 1 is 1.32 bits per heavy atom. The van der Waals surface area contributed by atoms with E-state index in [0.717, 1.165) is 19.4 Å². The molecule has 152 valence electrons. The topological polar surface area (TPSA) is 85.2 Å². The van der Waals surface area contributed by atoms with Crippen molar-refractivity contribution in [3.05, 3.63) is 29.7 Å². The molecule has 1 N–H and O–H groups in total. The number of hydrogen-bond donors (Lipinski definition) is 1. The summed E-state index contributed by atoms with van der Waals surface area (Å²) in [6.07, 6.45) is 3.62. The van der Waals surface area contributed by atoms with E-state index in [4.69, 9.17) is 9.47 Å². The normalized spacial score (nSPS) is 17.5. The maximum absolute atomic E-state index is 13.0. The molecule has 0 aliphatic carbocycles. The lowest BCUT2D eigenvalue weighted by Crippen LogP contribution is -2.49. The van der Waals surface area contributed by atoms with Crippen molar-refractivity contribution >= 4 is 17.5 Å². The van der Waals surface area contributed by atoms with Crippen molar-refractivity contribution in [3.63, 3.8) is 0 Å². The Hall–Kier alpha value is -2.61. The number of piperidine rings is 1. The van der Waals surface area contributed by atoms with Crippen LogP contribution in [0.25, 0.3) is 5.65 Å². The Morgan fingerprint density at radius 3 is 2.89 bits per heavy atom. The standard InChI is InChI=1S/C20H28N4O4/c1-4-27-16-9-7-11-24-18(14(3)21-19(16)24)20(26)22-15-8-6-10-23(12-15)13-17(25)28-5-2/h7,9,11,15H,4-6,8,10,12-13H2,1-3H3,(H,22,26)/t15-/m0/s1. The van der Waals surface area contributed by atoms with Crippen LogP contribution in [0.1, 0.15) is 42.9 Å². The van der Waals surface area contributed by atoms with Crippen molar-refractivity contribution < 1.29 is 19.1 Å². The minimum atomic E-state index is -0.226. The van der Waals surface area contributed by atoms with Gasteiger partial charge in [0.25, 0.3) is 5.91 Å². The van der Waals surface area contributed by atoms with Crippen molar-refractivity contribution in [1.82, 2.24) is 19.6 Å². The van der Waals surface area contributed by atoms with Gasteiger partial charge in [0.2, 0.25) is 0 Å². The Balaban J connectivity index is 1.71. The van der Waals surface area contributed by atoms with Crippen molar-refractivity contribution in [3.8, 4) is 5.75 Å². The Morgan fingerprint density at radius 2 is 2.14 bits per heavy atom.